The largest absolute Gasteiger partial charge is 0.332 e. The van der Waals surface area contributed by atoms with Gasteiger partial charge in [-0.3, -0.25) is 4.90 Å². The zero-order valence-corrected chi connectivity index (χ0v) is 15.5. The monoisotopic (exact) mass is 373 g/mol. The number of hydrogen-bond donors (Lipinski definition) is 1. The predicted molar refractivity (Wildman–Crippen MR) is 78.3 cm³/mol. The van der Waals surface area contributed by atoms with Gasteiger partial charge in [-0.25, -0.2) is 18.6 Å². The van der Waals surface area contributed by atoms with Crippen molar-refractivity contribution in [2.24, 2.45) is 11.8 Å². The van der Waals surface area contributed by atoms with Crippen molar-refractivity contribution in [3.8, 4) is 6.07 Å². The van der Waals surface area contributed by atoms with Crippen molar-refractivity contribution in [2.45, 2.75) is 69.5 Å². The van der Waals surface area contributed by atoms with Gasteiger partial charge in [-0.1, -0.05) is 0 Å². The van der Waals surface area contributed by atoms with Crippen molar-refractivity contribution < 1.29 is 33.8 Å². The van der Waals surface area contributed by atoms with Gasteiger partial charge in [0, 0.05) is 24.4 Å². The molecule has 4 aliphatic rings. The summed E-state index contributed by atoms with van der Waals surface area (Å²) in [5.41, 5.74) is -0.175. The molecule has 8 heteroatoms. The molecule has 0 aromatic carbocycles. The second kappa shape index (κ2) is 7.28. The molecule has 4 saturated heterocycles. The molecule has 25 heavy (non-hydrogen) atoms. The lowest BCUT2D eigenvalue weighted by atomic mass is 9.68. The summed E-state index contributed by atoms with van der Waals surface area (Å²) >= 11 is 0. The molecule has 0 spiro atoms. The Bertz CT molecular complexity index is 517. The molecule has 4 heterocycles. The second-order valence-electron chi connectivity index (χ2n) is 8.35. The first-order valence-electron chi connectivity index (χ1n) is 9.35. The number of quaternary nitrogens is 1. The predicted octanol–water partition coefficient (Wildman–Crippen LogP) is -3.55. The lowest BCUT2D eigenvalue weighted by Crippen LogP contribution is -3.19. The first-order chi connectivity index (χ1) is 11.7. The highest BCUT2D eigenvalue weighted by atomic mass is 35.7. The summed E-state index contributed by atoms with van der Waals surface area (Å²) in [4.78, 5) is 4.56. The molecular formula is C17H28ClN3O4. The molecule has 7 nitrogen and oxygen atoms in total. The standard InChI is InChI=1S/C17H27N3.ClHO4/c1-17(12-18)7-4-6-16-13-9-14(11-20(16)17)15-5-2-3-8-19(15)10-13;2-1(3,4)5/h13-16H,2-11H2,1H3;(H,2,3,4,5)/t13-,14-,15-,16+,17+;/m0./s1. The van der Waals surface area contributed by atoms with E-state index in [-0.39, 0.29) is 5.54 Å². The number of nitrogens with zero attached hydrogens (tertiary/aromatic N) is 2. The number of fused-ring (bicyclic) bond motifs is 6. The highest BCUT2D eigenvalue weighted by Crippen LogP contribution is 2.43. The van der Waals surface area contributed by atoms with Crippen LogP contribution in [0.5, 0.6) is 0 Å². The highest BCUT2D eigenvalue weighted by molar-refractivity contribution is 5.12. The molecule has 4 fully saturated rings. The van der Waals surface area contributed by atoms with Crippen LogP contribution >= 0.6 is 0 Å². The van der Waals surface area contributed by atoms with E-state index in [1.807, 2.05) is 4.90 Å². The first-order valence-corrected chi connectivity index (χ1v) is 10.6. The van der Waals surface area contributed by atoms with Gasteiger partial charge in [0.15, 0.2) is 0 Å². The average molecular weight is 374 g/mol. The van der Waals surface area contributed by atoms with E-state index < -0.39 is 10.2 Å². The topological polar surface area (TPSA) is 124 Å². The van der Waals surface area contributed by atoms with Crippen LogP contribution in [-0.4, -0.2) is 42.2 Å². The van der Waals surface area contributed by atoms with Crippen LogP contribution in [0.25, 0.3) is 0 Å². The number of rotatable bonds is 0. The molecule has 2 bridgehead atoms. The third kappa shape index (κ3) is 4.28. The second-order valence-corrected chi connectivity index (χ2v) is 9.10. The lowest BCUT2D eigenvalue weighted by Gasteiger charge is -2.58. The van der Waals surface area contributed by atoms with E-state index in [0.29, 0.717) is 6.04 Å². The van der Waals surface area contributed by atoms with Gasteiger partial charge in [0.2, 0.25) is 0 Å². The fraction of sp³-hybridized carbons (Fsp3) is 0.941. The fourth-order valence-electron chi connectivity index (χ4n) is 5.92. The molecule has 6 atom stereocenters. The van der Waals surface area contributed by atoms with Gasteiger partial charge in [0.25, 0.3) is 0 Å². The van der Waals surface area contributed by atoms with Crippen LogP contribution in [0.3, 0.4) is 0 Å². The minimum absolute atomic E-state index is 0.175. The maximum Gasteiger partial charge on any atom is 0.106 e. The fourth-order valence-corrected chi connectivity index (χ4v) is 5.92. The molecule has 1 N–H and O–H groups in total. The van der Waals surface area contributed by atoms with Gasteiger partial charge in [0.1, 0.15) is 5.54 Å². The molecule has 4 rings (SSSR count). The molecule has 0 radical (unpaired) electrons. The van der Waals surface area contributed by atoms with Crippen LogP contribution < -0.4 is 23.5 Å². The quantitative estimate of drug-likeness (QED) is 0.469. The summed E-state index contributed by atoms with van der Waals surface area (Å²) in [6.45, 7) is 6.22. The third-order valence-corrected chi connectivity index (χ3v) is 6.90. The smallest absolute Gasteiger partial charge is 0.106 e. The van der Waals surface area contributed by atoms with Crippen molar-refractivity contribution in [2.75, 3.05) is 19.6 Å². The van der Waals surface area contributed by atoms with E-state index in [1.54, 1.807) is 0 Å². The normalized spacial score (nSPS) is 43.8. The van der Waals surface area contributed by atoms with E-state index in [2.05, 4.69) is 17.9 Å². The van der Waals surface area contributed by atoms with Gasteiger partial charge in [-0.05, 0) is 51.9 Å². The van der Waals surface area contributed by atoms with Crippen molar-refractivity contribution in [3.05, 3.63) is 0 Å². The molecule has 4 aliphatic heterocycles. The van der Waals surface area contributed by atoms with E-state index in [9.17, 15) is 5.26 Å². The van der Waals surface area contributed by atoms with E-state index in [0.717, 1.165) is 24.3 Å². The Hall–Kier alpha value is -0.460. The van der Waals surface area contributed by atoms with Gasteiger partial charge in [0.05, 0.1) is 25.2 Å². The van der Waals surface area contributed by atoms with Crippen LogP contribution in [0.1, 0.15) is 51.9 Å². The Morgan fingerprint density at radius 2 is 1.84 bits per heavy atom. The minimum Gasteiger partial charge on any atom is -0.332 e. The summed E-state index contributed by atoms with van der Waals surface area (Å²) < 4.78 is 34.0. The average Bonchev–Trinajstić information content (AvgIpc) is 2.55. The van der Waals surface area contributed by atoms with E-state index in [4.69, 9.17) is 18.6 Å². The summed E-state index contributed by atoms with van der Waals surface area (Å²) in [5, 5.41) is 9.69. The third-order valence-electron chi connectivity index (χ3n) is 6.90. The zero-order valence-electron chi connectivity index (χ0n) is 14.8. The number of hydrogen-bond acceptors (Lipinski definition) is 6. The van der Waals surface area contributed by atoms with Gasteiger partial charge >= 0.3 is 0 Å². The number of halogens is 1. The van der Waals surface area contributed by atoms with Crippen LogP contribution in [0, 0.1) is 33.4 Å². The Labute approximate surface area is 151 Å². The molecule has 0 saturated carbocycles. The minimum atomic E-state index is -4.94. The molecule has 0 amide bonds. The Balaban J connectivity index is 0.000000324. The van der Waals surface area contributed by atoms with E-state index in [1.165, 1.54) is 58.2 Å². The van der Waals surface area contributed by atoms with Crippen LogP contribution in [0.2, 0.25) is 0 Å². The summed E-state index contributed by atoms with van der Waals surface area (Å²) in [6.07, 6.45) is 9.45. The van der Waals surface area contributed by atoms with Gasteiger partial charge < -0.3 is 4.90 Å². The van der Waals surface area contributed by atoms with Crippen molar-refractivity contribution in [1.82, 2.24) is 4.90 Å². The number of piperidine rings is 4. The first kappa shape index (κ1) is 19.3. The van der Waals surface area contributed by atoms with Crippen molar-refractivity contribution in [3.63, 3.8) is 0 Å². The summed E-state index contributed by atoms with van der Waals surface area (Å²) in [5.74, 6) is 1.73. The molecular weight excluding hydrogens is 346 g/mol. The Kier molecular flexibility index (Phi) is 5.62. The number of nitrogens with one attached hydrogen (secondary N) is 1. The highest BCUT2D eigenvalue weighted by Gasteiger charge is 2.53. The van der Waals surface area contributed by atoms with Crippen LogP contribution in [0.4, 0.5) is 0 Å². The Morgan fingerprint density at radius 3 is 2.52 bits per heavy atom. The summed E-state index contributed by atoms with van der Waals surface area (Å²) in [6, 6.07) is 4.28. The Morgan fingerprint density at radius 1 is 1.12 bits per heavy atom. The zero-order chi connectivity index (χ0) is 18.2. The van der Waals surface area contributed by atoms with Crippen molar-refractivity contribution in [1.29, 1.82) is 5.26 Å². The maximum absolute atomic E-state index is 9.69. The molecule has 0 aromatic heterocycles. The van der Waals surface area contributed by atoms with Crippen molar-refractivity contribution >= 4 is 0 Å². The lowest BCUT2D eigenvalue weighted by molar-refractivity contribution is -2.00. The summed E-state index contributed by atoms with van der Waals surface area (Å²) in [7, 11) is -4.94. The molecule has 0 aromatic rings. The maximum atomic E-state index is 9.69. The van der Waals surface area contributed by atoms with Gasteiger partial charge in [-0.2, -0.15) is 5.26 Å². The van der Waals surface area contributed by atoms with Gasteiger partial charge in [-0.15, -0.1) is 10.2 Å². The molecule has 0 aliphatic carbocycles. The molecule has 1 unspecified atom stereocenters. The van der Waals surface area contributed by atoms with Crippen LogP contribution in [0.15, 0.2) is 0 Å². The van der Waals surface area contributed by atoms with E-state index >= 15 is 0 Å². The SMILES string of the molecule is C[C@]1(C#N)CCC[C@@H]2[C@H]3C[C@@H](CN21)[C@@H]1CCCC[NH+]1C3.[O-][Cl+3]([O-])([O-])[O-]. The molecule has 142 valence electrons. The van der Waals surface area contributed by atoms with Crippen LogP contribution in [-0.2, 0) is 0 Å². The number of nitriles is 1.